The number of rotatable bonds is 6. The first-order valence-corrected chi connectivity index (χ1v) is 13.1. The number of nitrogens with zero attached hydrogens (tertiary/aromatic N) is 4. The van der Waals surface area contributed by atoms with Gasteiger partial charge in [0.2, 0.25) is 0 Å². The summed E-state index contributed by atoms with van der Waals surface area (Å²) < 4.78 is 9.20. The number of pyridine rings is 1. The van der Waals surface area contributed by atoms with E-state index in [1.54, 1.807) is 11.3 Å². The van der Waals surface area contributed by atoms with Crippen molar-refractivity contribution in [2.75, 3.05) is 4.90 Å². The maximum absolute atomic E-state index is 5.90. The lowest BCUT2D eigenvalue weighted by Gasteiger charge is -2.28. The number of para-hydroxylation sites is 1. The average molecular weight is 512 g/mol. The average Bonchev–Trinajstić information content (AvgIpc) is 3.61. The zero-order valence-electron chi connectivity index (χ0n) is 19.9. The quantitative estimate of drug-likeness (QED) is 0.265. The van der Waals surface area contributed by atoms with E-state index in [4.69, 9.17) is 21.9 Å². The van der Waals surface area contributed by atoms with Crippen molar-refractivity contribution in [1.82, 2.24) is 19.9 Å². The number of thiazole rings is 1. The normalized spacial score (nSPS) is 17.6. The Labute approximate surface area is 219 Å². The third-order valence-electron chi connectivity index (χ3n) is 6.16. The molecule has 0 spiro atoms. The van der Waals surface area contributed by atoms with Crippen LogP contribution in [0.4, 0.5) is 5.69 Å². The van der Waals surface area contributed by atoms with Gasteiger partial charge in [0.25, 0.3) is 0 Å². The van der Waals surface area contributed by atoms with Crippen molar-refractivity contribution in [3.63, 3.8) is 0 Å². The first-order valence-electron chi connectivity index (χ1n) is 11.9. The molecule has 1 aliphatic heterocycles. The van der Waals surface area contributed by atoms with Crippen LogP contribution in [-0.4, -0.2) is 25.8 Å². The zero-order valence-corrected chi connectivity index (χ0v) is 21.5. The van der Waals surface area contributed by atoms with Gasteiger partial charge in [-0.2, -0.15) is 0 Å². The van der Waals surface area contributed by atoms with E-state index in [0.717, 1.165) is 38.2 Å². The van der Waals surface area contributed by atoms with Gasteiger partial charge < -0.3 is 15.0 Å². The van der Waals surface area contributed by atoms with Gasteiger partial charge in [-0.05, 0) is 86.7 Å². The van der Waals surface area contributed by atoms with Crippen LogP contribution in [0.1, 0.15) is 37.3 Å². The van der Waals surface area contributed by atoms with E-state index < -0.39 is 0 Å². The van der Waals surface area contributed by atoms with E-state index in [-0.39, 0.29) is 18.2 Å². The second-order valence-electron chi connectivity index (χ2n) is 8.92. The van der Waals surface area contributed by atoms with Gasteiger partial charge in [-0.25, -0.2) is 4.98 Å². The summed E-state index contributed by atoms with van der Waals surface area (Å²) in [7, 11) is 0. The second kappa shape index (κ2) is 9.37. The summed E-state index contributed by atoms with van der Waals surface area (Å²) in [5, 5.41) is 5.13. The van der Waals surface area contributed by atoms with E-state index >= 15 is 0 Å². The molecular formula is C28H25N5OS2. The topological polar surface area (TPSA) is 55.2 Å². The maximum atomic E-state index is 5.90. The molecule has 0 amide bonds. The van der Waals surface area contributed by atoms with Crippen LogP contribution in [0, 0.1) is 0 Å². The molecule has 0 saturated carbocycles. The number of hydrogen-bond acceptors (Lipinski definition) is 5. The predicted molar refractivity (Wildman–Crippen MR) is 149 cm³/mol. The number of ether oxygens (including phenoxy) is 1. The fraction of sp³-hybridized carbons (Fsp3) is 0.179. The first-order chi connectivity index (χ1) is 17.6. The molecule has 1 fully saturated rings. The van der Waals surface area contributed by atoms with Crippen LogP contribution in [0.5, 0.6) is 5.75 Å². The first kappa shape index (κ1) is 22.7. The Bertz CT molecular complexity index is 1480. The van der Waals surface area contributed by atoms with Crippen LogP contribution >= 0.6 is 23.6 Å². The summed E-state index contributed by atoms with van der Waals surface area (Å²) in [5.74, 6) is 0.836. The third kappa shape index (κ3) is 4.12. The highest BCUT2D eigenvalue weighted by Gasteiger charge is 2.42. The van der Waals surface area contributed by atoms with E-state index in [1.165, 1.54) is 0 Å². The van der Waals surface area contributed by atoms with Crippen LogP contribution < -0.4 is 15.0 Å². The summed E-state index contributed by atoms with van der Waals surface area (Å²) in [6, 6.07) is 26.3. The van der Waals surface area contributed by atoms with Crippen LogP contribution in [0.15, 0.2) is 91.3 Å². The molecule has 6 rings (SSSR count). The van der Waals surface area contributed by atoms with Crippen molar-refractivity contribution in [3.05, 3.63) is 103 Å². The van der Waals surface area contributed by atoms with Crippen molar-refractivity contribution < 1.29 is 4.74 Å². The van der Waals surface area contributed by atoms with Crippen molar-refractivity contribution in [3.8, 4) is 10.9 Å². The number of anilines is 1. The van der Waals surface area contributed by atoms with Crippen molar-refractivity contribution in [2.45, 2.75) is 32.0 Å². The lowest BCUT2D eigenvalue weighted by atomic mass is 10.0. The number of benzene rings is 2. The van der Waals surface area contributed by atoms with Gasteiger partial charge in [0.1, 0.15) is 11.8 Å². The van der Waals surface area contributed by atoms with Crippen LogP contribution in [0.25, 0.3) is 15.3 Å². The standard InChI is InChI=1S/C28H25N5OS2/c1-18(2)34-20-14-12-19(13-15-20)33-26(25(31-27(33)35)22-9-5-6-16-29-22)23-10-7-17-32(23)28-30-21-8-3-4-11-24(21)36-28/h3-18,25-26H,1-2H3,(H,31,35)/t25-,26-/m1/s1. The predicted octanol–water partition coefficient (Wildman–Crippen LogP) is 6.45. The highest BCUT2D eigenvalue weighted by atomic mass is 32.1. The Morgan fingerprint density at radius 2 is 1.78 bits per heavy atom. The Kier molecular flexibility index (Phi) is 5.91. The molecule has 4 heterocycles. The molecule has 0 radical (unpaired) electrons. The fourth-order valence-electron chi connectivity index (χ4n) is 4.66. The minimum absolute atomic E-state index is 0.115. The molecule has 3 aromatic heterocycles. The highest BCUT2D eigenvalue weighted by Crippen LogP contribution is 2.43. The van der Waals surface area contributed by atoms with Gasteiger partial charge in [-0.3, -0.25) is 9.55 Å². The van der Waals surface area contributed by atoms with Crippen molar-refractivity contribution >= 4 is 44.6 Å². The fourth-order valence-corrected chi connectivity index (χ4v) is 5.98. The van der Waals surface area contributed by atoms with E-state index in [2.05, 4.69) is 62.4 Å². The van der Waals surface area contributed by atoms with Gasteiger partial charge in [0.15, 0.2) is 10.2 Å². The van der Waals surface area contributed by atoms with Crippen LogP contribution in [0.3, 0.4) is 0 Å². The van der Waals surface area contributed by atoms with Crippen LogP contribution in [-0.2, 0) is 0 Å². The Balaban J connectivity index is 1.46. The molecule has 2 atom stereocenters. The number of hydrogen-bond donors (Lipinski definition) is 1. The molecule has 1 saturated heterocycles. The summed E-state index contributed by atoms with van der Waals surface area (Å²) in [4.78, 5) is 11.8. The number of aromatic nitrogens is 3. The molecule has 36 heavy (non-hydrogen) atoms. The summed E-state index contributed by atoms with van der Waals surface area (Å²) >= 11 is 7.58. The smallest absolute Gasteiger partial charge is 0.194 e. The van der Waals surface area contributed by atoms with Gasteiger partial charge in [0.05, 0.1) is 33.8 Å². The number of nitrogens with one attached hydrogen (secondary N) is 1. The molecule has 180 valence electrons. The van der Waals surface area contributed by atoms with E-state index in [9.17, 15) is 0 Å². The molecular weight excluding hydrogens is 486 g/mol. The van der Waals surface area contributed by atoms with Gasteiger partial charge in [-0.1, -0.05) is 29.5 Å². The van der Waals surface area contributed by atoms with Gasteiger partial charge in [0, 0.05) is 18.1 Å². The second-order valence-corrected chi connectivity index (χ2v) is 10.3. The molecule has 2 aromatic carbocycles. The molecule has 1 N–H and O–H groups in total. The largest absolute Gasteiger partial charge is 0.491 e. The van der Waals surface area contributed by atoms with E-state index in [0.29, 0.717) is 5.11 Å². The Morgan fingerprint density at radius 3 is 2.53 bits per heavy atom. The SMILES string of the molecule is CC(C)Oc1ccc(N2C(=S)N[C@H](c3ccccn3)[C@H]2c2cccn2-c2nc3ccccc3s2)cc1. The number of thiocarbonyl (C=S) groups is 1. The minimum Gasteiger partial charge on any atom is -0.491 e. The van der Waals surface area contributed by atoms with E-state index in [1.807, 2.05) is 62.5 Å². The molecule has 8 heteroatoms. The molecule has 6 nitrogen and oxygen atoms in total. The van der Waals surface area contributed by atoms with Gasteiger partial charge >= 0.3 is 0 Å². The van der Waals surface area contributed by atoms with Gasteiger partial charge in [-0.15, -0.1) is 0 Å². The Hall–Kier alpha value is -3.75. The third-order valence-corrected chi connectivity index (χ3v) is 7.51. The summed E-state index contributed by atoms with van der Waals surface area (Å²) in [6.45, 7) is 4.05. The Morgan fingerprint density at radius 1 is 0.972 bits per heavy atom. The molecule has 1 aliphatic rings. The lowest BCUT2D eigenvalue weighted by Crippen LogP contribution is -2.30. The zero-order chi connectivity index (χ0) is 24.6. The maximum Gasteiger partial charge on any atom is 0.194 e. The molecule has 0 aliphatic carbocycles. The molecule has 0 unspecified atom stereocenters. The monoisotopic (exact) mass is 511 g/mol. The van der Waals surface area contributed by atoms with Crippen LogP contribution in [0.2, 0.25) is 0 Å². The lowest BCUT2D eigenvalue weighted by molar-refractivity contribution is 0.242. The number of fused-ring (bicyclic) bond motifs is 1. The van der Waals surface area contributed by atoms with Crippen molar-refractivity contribution in [2.24, 2.45) is 0 Å². The molecule has 0 bridgehead atoms. The molecule has 5 aromatic rings. The summed E-state index contributed by atoms with van der Waals surface area (Å²) in [5.41, 5.74) is 4.00. The minimum atomic E-state index is -0.133. The summed E-state index contributed by atoms with van der Waals surface area (Å²) in [6.07, 6.45) is 4.01. The highest BCUT2D eigenvalue weighted by molar-refractivity contribution is 7.80. The van der Waals surface area contributed by atoms with Crippen molar-refractivity contribution in [1.29, 1.82) is 0 Å².